The summed E-state index contributed by atoms with van der Waals surface area (Å²) in [6, 6.07) is 18.5. The van der Waals surface area contributed by atoms with E-state index in [1.807, 2.05) is 32.0 Å². The van der Waals surface area contributed by atoms with Gasteiger partial charge in [-0.3, -0.25) is 9.10 Å². The van der Waals surface area contributed by atoms with Crippen molar-refractivity contribution in [1.29, 1.82) is 0 Å². The zero-order chi connectivity index (χ0) is 25.9. The molecule has 0 saturated carbocycles. The van der Waals surface area contributed by atoms with Crippen LogP contribution in [0.3, 0.4) is 0 Å². The molecule has 1 amide bonds. The number of carbonyl (C=O) groups excluding carboxylic acids is 1. The van der Waals surface area contributed by atoms with Gasteiger partial charge in [0.15, 0.2) is 6.10 Å². The van der Waals surface area contributed by atoms with E-state index < -0.39 is 16.1 Å². The molecule has 1 aliphatic rings. The van der Waals surface area contributed by atoms with Crippen molar-refractivity contribution in [3.63, 3.8) is 0 Å². The van der Waals surface area contributed by atoms with Crippen LogP contribution in [-0.2, 0) is 14.8 Å². The first-order valence-corrected chi connectivity index (χ1v) is 13.1. The number of benzene rings is 3. The van der Waals surface area contributed by atoms with Gasteiger partial charge in [0, 0.05) is 0 Å². The Morgan fingerprint density at radius 1 is 1.08 bits per heavy atom. The molecule has 0 fully saturated rings. The fourth-order valence-corrected chi connectivity index (χ4v) is 5.72. The van der Waals surface area contributed by atoms with E-state index in [4.69, 9.17) is 14.2 Å². The standard InChI is InChI=1S/C27H30N2O6S/c1-5-22(19-10-15-24(34-4)18(2)16-19)28-27(30)26-17-29(23-8-6-7-9-25(23)35-26)36(31,32)21-13-11-20(33-3)12-14-21/h6-16,22,26H,5,17H2,1-4H3,(H,28,30)/t22-,26-/m0/s1. The van der Waals surface area contributed by atoms with Crippen molar-refractivity contribution in [3.05, 3.63) is 77.9 Å². The highest BCUT2D eigenvalue weighted by Gasteiger charge is 2.38. The monoisotopic (exact) mass is 510 g/mol. The molecule has 1 aliphatic heterocycles. The summed E-state index contributed by atoms with van der Waals surface area (Å²) in [6.07, 6.45) is -0.379. The van der Waals surface area contributed by atoms with Crippen LogP contribution in [0.4, 0.5) is 5.69 Å². The molecule has 3 aromatic rings. The second-order valence-electron chi connectivity index (χ2n) is 8.48. The number of anilines is 1. The number of amides is 1. The maximum absolute atomic E-state index is 13.6. The first-order chi connectivity index (χ1) is 17.3. The van der Waals surface area contributed by atoms with Gasteiger partial charge < -0.3 is 19.5 Å². The van der Waals surface area contributed by atoms with Gasteiger partial charge in [0.25, 0.3) is 15.9 Å². The van der Waals surface area contributed by atoms with Crippen LogP contribution in [0, 0.1) is 6.92 Å². The van der Waals surface area contributed by atoms with E-state index in [1.165, 1.54) is 23.5 Å². The molecule has 0 aromatic heterocycles. The molecule has 0 radical (unpaired) electrons. The Morgan fingerprint density at radius 3 is 2.44 bits per heavy atom. The molecule has 8 nitrogen and oxygen atoms in total. The predicted octanol–water partition coefficient (Wildman–Crippen LogP) is 4.24. The molecule has 0 saturated heterocycles. The molecule has 0 aliphatic carbocycles. The molecule has 1 heterocycles. The SMILES string of the molecule is CC[C@H](NC(=O)[C@@H]1CN(S(=O)(=O)c2ccc(OC)cc2)c2ccccc2O1)c1ccc(OC)c(C)c1. The molecule has 2 atom stereocenters. The van der Waals surface area contributed by atoms with Gasteiger partial charge in [0.1, 0.15) is 17.2 Å². The van der Waals surface area contributed by atoms with Crippen molar-refractivity contribution < 1.29 is 27.4 Å². The number of aryl methyl sites for hydroxylation is 1. The Balaban J connectivity index is 1.61. The van der Waals surface area contributed by atoms with Crippen molar-refractivity contribution >= 4 is 21.6 Å². The molecule has 1 N–H and O–H groups in total. The number of nitrogens with zero attached hydrogens (tertiary/aromatic N) is 1. The fraction of sp³-hybridized carbons (Fsp3) is 0.296. The average molecular weight is 511 g/mol. The highest BCUT2D eigenvalue weighted by atomic mass is 32.2. The maximum Gasteiger partial charge on any atom is 0.264 e. The minimum atomic E-state index is -3.96. The highest BCUT2D eigenvalue weighted by Crippen LogP contribution is 2.37. The largest absolute Gasteiger partial charge is 0.497 e. The number of rotatable bonds is 8. The highest BCUT2D eigenvalue weighted by molar-refractivity contribution is 7.92. The third-order valence-electron chi connectivity index (χ3n) is 6.22. The van der Waals surface area contributed by atoms with E-state index >= 15 is 0 Å². The van der Waals surface area contributed by atoms with Gasteiger partial charge in [-0.05, 0) is 66.9 Å². The average Bonchev–Trinajstić information content (AvgIpc) is 2.90. The van der Waals surface area contributed by atoms with E-state index in [9.17, 15) is 13.2 Å². The number of para-hydroxylation sites is 2. The number of hydrogen-bond acceptors (Lipinski definition) is 6. The van der Waals surface area contributed by atoms with Gasteiger partial charge >= 0.3 is 0 Å². The van der Waals surface area contributed by atoms with E-state index in [0.717, 1.165) is 16.9 Å². The number of nitrogens with one attached hydrogen (secondary N) is 1. The minimum Gasteiger partial charge on any atom is -0.497 e. The Labute approximate surface area is 211 Å². The summed E-state index contributed by atoms with van der Waals surface area (Å²) in [4.78, 5) is 13.4. The zero-order valence-electron chi connectivity index (χ0n) is 20.7. The quantitative estimate of drug-likeness (QED) is 0.487. The third-order valence-corrected chi connectivity index (χ3v) is 8.01. The summed E-state index contributed by atoms with van der Waals surface area (Å²) in [5.41, 5.74) is 2.28. The van der Waals surface area contributed by atoms with Crippen LogP contribution in [-0.4, -0.2) is 41.2 Å². The van der Waals surface area contributed by atoms with Gasteiger partial charge in [-0.2, -0.15) is 0 Å². The summed E-state index contributed by atoms with van der Waals surface area (Å²) in [5, 5.41) is 3.03. The van der Waals surface area contributed by atoms with E-state index in [0.29, 0.717) is 23.6 Å². The van der Waals surface area contributed by atoms with E-state index in [2.05, 4.69) is 5.32 Å². The molecule has 4 rings (SSSR count). The number of carbonyl (C=O) groups is 1. The molecule has 3 aromatic carbocycles. The molecular formula is C27H30N2O6S. The topological polar surface area (TPSA) is 94.2 Å². The van der Waals surface area contributed by atoms with Crippen molar-refractivity contribution in [2.24, 2.45) is 0 Å². The predicted molar refractivity (Wildman–Crippen MR) is 137 cm³/mol. The van der Waals surface area contributed by atoms with Gasteiger partial charge in [-0.1, -0.05) is 31.2 Å². The lowest BCUT2D eigenvalue weighted by atomic mass is 10.0. The smallest absolute Gasteiger partial charge is 0.264 e. The molecule has 0 bridgehead atoms. The Kier molecular flexibility index (Phi) is 7.40. The molecule has 190 valence electrons. The van der Waals surface area contributed by atoms with Crippen LogP contribution in [0.15, 0.2) is 71.6 Å². The lowest BCUT2D eigenvalue weighted by Gasteiger charge is -2.35. The van der Waals surface area contributed by atoms with Crippen LogP contribution in [0.2, 0.25) is 0 Å². The van der Waals surface area contributed by atoms with Gasteiger partial charge in [0.05, 0.1) is 37.4 Å². The van der Waals surface area contributed by atoms with Gasteiger partial charge in [0.2, 0.25) is 0 Å². The maximum atomic E-state index is 13.6. The van der Waals surface area contributed by atoms with Gasteiger partial charge in [-0.25, -0.2) is 8.42 Å². The summed E-state index contributed by atoms with van der Waals surface area (Å²) >= 11 is 0. The lowest BCUT2D eigenvalue weighted by molar-refractivity contribution is -0.128. The number of hydrogen-bond donors (Lipinski definition) is 1. The second kappa shape index (κ2) is 10.5. The Bertz CT molecular complexity index is 1340. The van der Waals surface area contributed by atoms with E-state index in [-0.39, 0.29) is 23.4 Å². The van der Waals surface area contributed by atoms with E-state index in [1.54, 1.807) is 43.5 Å². The number of ether oxygens (including phenoxy) is 3. The molecular weight excluding hydrogens is 480 g/mol. The number of sulfonamides is 1. The van der Waals surface area contributed by atoms with Crippen molar-refractivity contribution in [2.45, 2.75) is 37.3 Å². The Morgan fingerprint density at radius 2 is 1.81 bits per heavy atom. The summed E-state index contributed by atoms with van der Waals surface area (Å²) < 4.78 is 44.9. The normalized spacial score (nSPS) is 15.9. The van der Waals surface area contributed by atoms with Crippen LogP contribution < -0.4 is 23.8 Å². The number of methoxy groups -OCH3 is 2. The zero-order valence-corrected chi connectivity index (χ0v) is 21.5. The first kappa shape index (κ1) is 25.4. The summed E-state index contributed by atoms with van der Waals surface area (Å²) in [6.45, 7) is 3.76. The lowest BCUT2D eigenvalue weighted by Crippen LogP contribution is -2.51. The first-order valence-electron chi connectivity index (χ1n) is 11.7. The minimum absolute atomic E-state index is 0.0966. The summed E-state index contributed by atoms with van der Waals surface area (Å²) in [7, 11) is -0.831. The van der Waals surface area contributed by atoms with Crippen LogP contribution in [0.1, 0.15) is 30.5 Å². The molecule has 9 heteroatoms. The van der Waals surface area contributed by atoms with Crippen LogP contribution in [0.5, 0.6) is 17.2 Å². The molecule has 0 spiro atoms. The third kappa shape index (κ3) is 4.97. The number of fused-ring (bicyclic) bond motifs is 1. The summed E-state index contributed by atoms with van der Waals surface area (Å²) in [5.74, 6) is 1.26. The van der Waals surface area contributed by atoms with Gasteiger partial charge in [-0.15, -0.1) is 0 Å². The molecule has 0 unspecified atom stereocenters. The van der Waals surface area contributed by atoms with Crippen molar-refractivity contribution in [1.82, 2.24) is 5.32 Å². The fourth-order valence-electron chi connectivity index (χ4n) is 4.25. The van der Waals surface area contributed by atoms with Crippen molar-refractivity contribution in [3.8, 4) is 17.2 Å². The van der Waals surface area contributed by atoms with Crippen LogP contribution >= 0.6 is 0 Å². The molecule has 36 heavy (non-hydrogen) atoms. The van der Waals surface area contributed by atoms with Crippen molar-refractivity contribution in [2.75, 3.05) is 25.1 Å². The second-order valence-corrected chi connectivity index (χ2v) is 10.3. The van der Waals surface area contributed by atoms with Crippen LogP contribution in [0.25, 0.3) is 0 Å². The Hall–Kier alpha value is -3.72.